The van der Waals surface area contributed by atoms with Gasteiger partial charge in [0, 0.05) is 38.1 Å². The molecule has 2 N–H and O–H groups in total. The van der Waals surface area contributed by atoms with Gasteiger partial charge in [-0.25, -0.2) is 9.37 Å². The zero-order chi connectivity index (χ0) is 18.0. The Morgan fingerprint density at radius 3 is 2.40 bits per heavy atom. The Morgan fingerprint density at radius 2 is 1.84 bits per heavy atom. The lowest BCUT2D eigenvalue weighted by Crippen LogP contribution is -2.50. The number of thiazole rings is 1. The van der Waals surface area contributed by atoms with E-state index in [1.165, 1.54) is 34.4 Å². The lowest BCUT2D eigenvalue weighted by atomic mass is 10.1. The molecule has 1 saturated heterocycles. The van der Waals surface area contributed by atoms with Crippen LogP contribution >= 0.6 is 22.9 Å². The highest BCUT2D eigenvalue weighted by Gasteiger charge is 2.28. The third kappa shape index (κ3) is 3.65. The highest BCUT2D eigenvalue weighted by molar-refractivity contribution is 7.09. The van der Waals surface area contributed by atoms with Gasteiger partial charge in [0.15, 0.2) is 0 Å². The van der Waals surface area contributed by atoms with E-state index in [1.54, 1.807) is 10.3 Å². The number of carbonyl (C=O) groups excluding carboxylic acids is 2. The largest absolute Gasteiger partial charge is 0.335 e. The van der Waals surface area contributed by atoms with E-state index in [0.717, 1.165) is 0 Å². The second kappa shape index (κ2) is 7.47. The fraction of sp³-hybridized carbons (Fsp3) is 0.312. The molecule has 0 saturated carbocycles. The summed E-state index contributed by atoms with van der Waals surface area (Å²) in [5.74, 6) is -1.30. The molecule has 25 heavy (non-hydrogen) atoms. The van der Waals surface area contributed by atoms with E-state index in [-0.39, 0.29) is 16.5 Å². The minimum absolute atomic E-state index is 0.0836. The van der Waals surface area contributed by atoms with Crippen molar-refractivity contribution in [1.82, 2.24) is 14.8 Å². The van der Waals surface area contributed by atoms with Gasteiger partial charge in [0.25, 0.3) is 11.8 Å². The van der Waals surface area contributed by atoms with Crippen LogP contribution in [0.4, 0.5) is 4.39 Å². The van der Waals surface area contributed by atoms with Crippen LogP contribution in [0.25, 0.3) is 0 Å². The molecule has 0 radical (unpaired) electrons. The predicted octanol–water partition coefficient (Wildman–Crippen LogP) is 1.99. The van der Waals surface area contributed by atoms with E-state index in [0.29, 0.717) is 43.4 Å². The average molecular weight is 383 g/mol. The third-order valence-corrected chi connectivity index (χ3v) is 5.16. The maximum absolute atomic E-state index is 13.9. The highest BCUT2D eigenvalue weighted by atomic mass is 35.5. The van der Waals surface area contributed by atoms with Gasteiger partial charge in [-0.3, -0.25) is 9.59 Å². The molecule has 2 heterocycles. The molecule has 3 rings (SSSR count). The minimum atomic E-state index is -0.646. The minimum Gasteiger partial charge on any atom is -0.335 e. The Balaban J connectivity index is 1.65. The van der Waals surface area contributed by atoms with Crippen LogP contribution in [-0.2, 0) is 6.54 Å². The molecule has 0 unspecified atom stereocenters. The second-order valence-corrected chi connectivity index (χ2v) is 6.86. The van der Waals surface area contributed by atoms with Crippen LogP contribution in [0.1, 0.15) is 25.9 Å². The summed E-state index contributed by atoms with van der Waals surface area (Å²) in [6, 6.07) is 4.14. The van der Waals surface area contributed by atoms with Gasteiger partial charge in [0.05, 0.1) is 10.6 Å². The van der Waals surface area contributed by atoms with Crippen molar-refractivity contribution in [2.24, 2.45) is 5.73 Å². The number of carbonyl (C=O) groups is 2. The Morgan fingerprint density at radius 1 is 1.20 bits per heavy atom. The van der Waals surface area contributed by atoms with Crippen LogP contribution in [0.3, 0.4) is 0 Å². The number of halogens is 2. The van der Waals surface area contributed by atoms with Gasteiger partial charge in [-0.1, -0.05) is 17.7 Å². The first kappa shape index (κ1) is 17.8. The molecule has 0 aliphatic carbocycles. The van der Waals surface area contributed by atoms with Gasteiger partial charge in [-0.15, -0.1) is 11.3 Å². The second-order valence-electron chi connectivity index (χ2n) is 5.51. The molecule has 1 aromatic heterocycles. The summed E-state index contributed by atoms with van der Waals surface area (Å²) in [5.41, 5.74) is 5.74. The number of rotatable bonds is 3. The zero-order valence-corrected chi connectivity index (χ0v) is 14.8. The van der Waals surface area contributed by atoms with Gasteiger partial charge >= 0.3 is 0 Å². The molecule has 0 bridgehead atoms. The van der Waals surface area contributed by atoms with Crippen LogP contribution in [0, 0.1) is 5.82 Å². The Kier molecular flexibility index (Phi) is 5.31. The summed E-state index contributed by atoms with van der Waals surface area (Å²) >= 11 is 7.29. The van der Waals surface area contributed by atoms with E-state index in [9.17, 15) is 14.0 Å². The molecule has 0 atom stereocenters. The predicted molar refractivity (Wildman–Crippen MR) is 93.2 cm³/mol. The number of nitrogens with zero attached hydrogens (tertiary/aromatic N) is 3. The van der Waals surface area contributed by atoms with Crippen molar-refractivity contribution in [1.29, 1.82) is 0 Å². The van der Waals surface area contributed by atoms with Crippen molar-refractivity contribution in [3.05, 3.63) is 50.7 Å². The van der Waals surface area contributed by atoms with Gasteiger partial charge in [-0.05, 0) is 12.1 Å². The molecular weight excluding hydrogens is 367 g/mol. The van der Waals surface area contributed by atoms with Gasteiger partial charge in [0.1, 0.15) is 16.5 Å². The number of amides is 2. The Labute approximate surface area is 153 Å². The van der Waals surface area contributed by atoms with Crippen LogP contribution in [0.15, 0.2) is 23.6 Å². The van der Waals surface area contributed by atoms with Crippen molar-refractivity contribution < 1.29 is 14.0 Å². The first-order valence-electron chi connectivity index (χ1n) is 7.68. The number of piperazine rings is 1. The molecule has 9 heteroatoms. The Bertz CT molecular complexity index is 785. The molecule has 6 nitrogen and oxygen atoms in total. The van der Waals surface area contributed by atoms with Crippen LogP contribution < -0.4 is 5.73 Å². The molecule has 1 aliphatic rings. The summed E-state index contributed by atoms with van der Waals surface area (Å²) in [6.07, 6.45) is 0. The summed E-state index contributed by atoms with van der Waals surface area (Å²) in [5, 5.41) is 2.47. The van der Waals surface area contributed by atoms with E-state index < -0.39 is 11.7 Å². The van der Waals surface area contributed by atoms with Crippen molar-refractivity contribution in [3.63, 3.8) is 0 Å². The first-order valence-corrected chi connectivity index (χ1v) is 8.94. The van der Waals surface area contributed by atoms with Crippen molar-refractivity contribution >= 4 is 34.8 Å². The fourth-order valence-electron chi connectivity index (χ4n) is 2.64. The summed E-state index contributed by atoms with van der Waals surface area (Å²) in [7, 11) is 0. The van der Waals surface area contributed by atoms with Crippen molar-refractivity contribution in [2.45, 2.75) is 6.54 Å². The topological polar surface area (TPSA) is 79.5 Å². The Hall–Kier alpha value is -2.03. The quantitative estimate of drug-likeness (QED) is 0.880. The van der Waals surface area contributed by atoms with Gasteiger partial charge < -0.3 is 15.5 Å². The average Bonchev–Trinajstić information content (AvgIpc) is 3.10. The maximum Gasteiger partial charge on any atom is 0.273 e. The van der Waals surface area contributed by atoms with E-state index >= 15 is 0 Å². The lowest BCUT2D eigenvalue weighted by molar-refractivity contribution is 0.0530. The van der Waals surface area contributed by atoms with Gasteiger partial charge in [-0.2, -0.15) is 0 Å². The highest BCUT2D eigenvalue weighted by Crippen LogP contribution is 2.22. The van der Waals surface area contributed by atoms with Crippen LogP contribution in [0.2, 0.25) is 5.02 Å². The van der Waals surface area contributed by atoms with Crippen LogP contribution in [-0.4, -0.2) is 52.8 Å². The third-order valence-electron chi connectivity index (χ3n) is 3.98. The fourth-order valence-corrected chi connectivity index (χ4v) is 3.53. The first-order chi connectivity index (χ1) is 12.0. The van der Waals surface area contributed by atoms with E-state index in [4.69, 9.17) is 17.3 Å². The van der Waals surface area contributed by atoms with Crippen molar-refractivity contribution in [3.8, 4) is 0 Å². The SMILES string of the molecule is NCc1nc(C(=O)N2CCN(C(=O)c3c(F)cccc3Cl)CC2)cs1. The molecule has 1 aromatic carbocycles. The number of nitrogens with two attached hydrogens (primary N) is 1. The van der Waals surface area contributed by atoms with E-state index in [1.807, 2.05) is 0 Å². The normalized spacial score (nSPS) is 14.7. The standard InChI is InChI=1S/C16H16ClFN4O2S/c17-10-2-1-3-11(18)14(10)16(24)22-6-4-21(5-7-22)15(23)12-9-25-13(8-19)20-12/h1-3,9H,4-8,19H2. The number of hydrogen-bond donors (Lipinski definition) is 1. The molecule has 2 aromatic rings. The van der Waals surface area contributed by atoms with Gasteiger partial charge in [0.2, 0.25) is 0 Å². The number of hydrogen-bond acceptors (Lipinski definition) is 5. The summed E-state index contributed by atoms with van der Waals surface area (Å²) in [6.45, 7) is 1.62. The summed E-state index contributed by atoms with van der Waals surface area (Å²) < 4.78 is 13.9. The molecular formula is C16H16ClFN4O2S. The van der Waals surface area contributed by atoms with Crippen LogP contribution in [0.5, 0.6) is 0 Å². The monoisotopic (exact) mass is 382 g/mol. The zero-order valence-electron chi connectivity index (χ0n) is 13.2. The smallest absolute Gasteiger partial charge is 0.273 e. The summed E-state index contributed by atoms with van der Waals surface area (Å²) in [4.78, 5) is 32.2. The molecule has 0 spiro atoms. The molecule has 1 aliphatic heterocycles. The molecule has 132 valence electrons. The number of aromatic nitrogens is 1. The lowest BCUT2D eigenvalue weighted by Gasteiger charge is -2.34. The number of benzene rings is 1. The molecule has 2 amide bonds. The van der Waals surface area contributed by atoms with E-state index in [2.05, 4.69) is 4.98 Å². The maximum atomic E-state index is 13.9. The van der Waals surface area contributed by atoms with Crippen molar-refractivity contribution in [2.75, 3.05) is 26.2 Å². The molecule has 1 fully saturated rings.